The van der Waals surface area contributed by atoms with Gasteiger partial charge in [0.15, 0.2) is 5.96 Å². The molecule has 1 fully saturated rings. The van der Waals surface area contributed by atoms with Crippen LogP contribution in [-0.4, -0.2) is 64.1 Å². The van der Waals surface area contributed by atoms with Crippen molar-refractivity contribution in [1.82, 2.24) is 15.6 Å². The normalized spacial score (nSPS) is 17.0. The zero-order valence-corrected chi connectivity index (χ0v) is 14.2. The largest absolute Gasteiger partial charge is 0.383 e. The van der Waals surface area contributed by atoms with Crippen LogP contribution in [0.3, 0.4) is 0 Å². The Labute approximate surface area is 138 Å². The second-order valence-corrected chi connectivity index (χ2v) is 5.51. The van der Waals surface area contributed by atoms with Gasteiger partial charge in [-0.1, -0.05) is 6.07 Å². The lowest BCUT2D eigenvalue weighted by molar-refractivity contribution is 0.122. The molecule has 128 valence electrons. The van der Waals surface area contributed by atoms with Crippen molar-refractivity contribution < 1.29 is 9.47 Å². The Morgan fingerprint density at radius 3 is 2.96 bits per heavy atom. The molecule has 0 spiro atoms. The van der Waals surface area contributed by atoms with Crippen LogP contribution in [0.4, 0.5) is 5.82 Å². The van der Waals surface area contributed by atoms with E-state index in [0.29, 0.717) is 13.2 Å². The summed E-state index contributed by atoms with van der Waals surface area (Å²) in [6.45, 7) is 6.61. The first-order chi connectivity index (χ1) is 11.2. The van der Waals surface area contributed by atoms with Gasteiger partial charge in [-0.2, -0.15) is 0 Å². The molecular weight excluding hydrogens is 294 g/mol. The van der Waals surface area contributed by atoms with E-state index in [1.807, 2.05) is 12.3 Å². The van der Waals surface area contributed by atoms with Crippen molar-refractivity contribution in [2.24, 2.45) is 4.99 Å². The molecule has 1 aromatic heterocycles. The molecule has 1 unspecified atom stereocenters. The number of anilines is 1. The van der Waals surface area contributed by atoms with Crippen molar-refractivity contribution in [3.05, 3.63) is 23.9 Å². The summed E-state index contributed by atoms with van der Waals surface area (Å²) in [7, 11) is 3.46. The van der Waals surface area contributed by atoms with Crippen LogP contribution < -0.4 is 15.5 Å². The zero-order chi connectivity index (χ0) is 16.5. The Hall–Kier alpha value is -1.86. The number of aromatic nitrogens is 1. The molecule has 0 aromatic carbocycles. The zero-order valence-electron chi connectivity index (χ0n) is 14.2. The summed E-state index contributed by atoms with van der Waals surface area (Å²) in [5.41, 5.74) is 1.15. The first kappa shape index (κ1) is 17.5. The topological polar surface area (TPSA) is 71.0 Å². The molecule has 23 heavy (non-hydrogen) atoms. The predicted molar refractivity (Wildman–Crippen MR) is 91.9 cm³/mol. The van der Waals surface area contributed by atoms with Crippen molar-refractivity contribution in [3.63, 3.8) is 0 Å². The minimum Gasteiger partial charge on any atom is -0.383 e. The summed E-state index contributed by atoms with van der Waals surface area (Å²) in [5, 5.41) is 6.64. The second-order valence-electron chi connectivity index (χ2n) is 5.51. The molecule has 2 rings (SSSR count). The highest BCUT2D eigenvalue weighted by Gasteiger charge is 2.16. The average Bonchev–Trinajstić information content (AvgIpc) is 2.60. The molecule has 7 nitrogen and oxygen atoms in total. The van der Waals surface area contributed by atoms with Gasteiger partial charge in [-0.3, -0.25) is 4.99 Å². The number of ether oxygens (including phenoxy) is 2. The molecule has 0 bridgehead atoms. The molecule has 1 aliphatic rings. The van der Waals surface area contributed by atoms with Crippen molar-refractivity contribution in [2.75, 3.05) is 52.0 Å². The van der Waals surface area contributed by atoms with Gasteiger partial charge in [-0.25, -0.2) is 4.98 Å². The van der Waals surface area contributed by atoms with Gasteiger partial charge in [0, 0.05) is 51.6 Å². The van der Waals surface area contributed by atoms with Crippen LogP contribution in [0.1, 0.15) is 12.5 Å². The van der Waals surface area contributed by atoms with Crippen molar-refractivity contribution in [3.8, 4) is 0 Å². The number of morpholine rings is 1. The number of pyridine rings is 1. The summed E-state index contributed by atoms with van der Waals surface area (Å²) in [5.74, 6) is 1.77. The van der Waals surface area contributed by atoms with Crippen LogP contribution >= 0.6 is 0 Å². The smallest absolute Gasteiger partial charge is 0.191 e. The molecular formula is C16H27N5O2. The van der Waals surface area contributed by atoms with E-state index in [2.05, 4.69) is 38.5 Å². The Kier molecular flexibility index (Phi) is 7.09. The number of rotatable bonds is 6. The maximum absolute atomic E-state index is 5.42. The standard InChI is InChI=1S/C16H27N5O2/c1-13(12-22-3)20-16(17-2)19-11-14-5-4-6-18-15(14)21-7-9-23-10-8-21/h4-6,13H,7-12H2,1-3H3,(H2,17,19,20). The minimum atomic E-state index is 0.193. The third-order valence-corrected chi connectivity index (χ3v) is 3.65. The van der Waals surface area contributed by atoms with Crippen molar-refractivity contribution >= 4 is 11.8 Å². The summed E-state index contributed by atoms with van der Waals surface area (Å²) in [4.78, 5) is 11.1. The van der Waals surface area contributed by atoms with E-state index in [4.69, 9.17) is 9.47 Å². The fourth-order valence-corrected chi connectivity index (χ4v) is 2.53. The van der Waals surface area contributed by atoms with Crippen LogP contribution in [0, 0.1) is 0 Å². The number of nitrogens with zero attached hydrogens (tertiary/aromatic N) is 3. The predicted octanol–water partition coefficient (Wildman–Crippen LogP) is 0.618. The number of hydrogen-bond donors (Lipinski definition) is 2. The number of nitrogens with one attached hydrogen (secondary N) is 2. The summed E-state index contributed by atoms with van der Waals surface area (Å²) in [6.07, 6.45) is 1.84. The molecule has 1 saturated heterocycles. The summed E-state index contributed by atoms with van der Waals surface area (Å²) < 4.78 is 10.6. The lowest BCUT2D eigenvalue weighted by atomic mass is 10.2. The fourth-order valence-electron chi connectivity index (χ4n) is 2.53. The fraction of sp³-hybridized carbons (Fsp3) is 0.625. The van der Waals surface area contributed by atoms with E-state index in [-0.39, 0.29) is 6.04 Å². The van der Waals surface area contributed by atoms with Gasteiger partial charge in [0.1, 0.15) is 5.82 Å². The van der Waals surface area contributed by atoms with E-state index in [9.17, 15) is 0 Å². The van der Waals surface area contributed by atoms with E-state index < -0.39 is 0 Å². The Balaban J connectivity index is 1.96. The van der Waals surface area contributed by atoms with Crippen molar-refractivity contribution in [2.45, 2.75) is 19.5 Å². The first-order valence-electron chi connectivity index (χ1n) is 7.97. The number of methoxy groups -OCH3 is 1. The Morgan fingerprint density at radius 2 is 2.26 bits per heavy atom. The van der Waals surface area contributed by atoms with E-state index >= 15 is 0 Å². The third kappa shape index (κ3) is 5.37. The minimum absolute atomic E-state index is 0.193. The molecule has 7 heteroatoms. The maximum Gasteiger partial charge on any atom is 0.191 e. The highest BCUT2D eigenvalue weighted by atomic mass is 16.5. The maximum atomic E-state index is 5.42. The van der Waals surface area contributed by atoms with E-state index in [1.165, 1.54) is 0 Å². The monoisotopic (exact) mass is 321 g/mol. The molecule has 0 amide bonds. The van der Waals surface area contributed by atoms with Gasteiger partial charge >= 0.3 is 0 Å². The number of hydrogen-bond acceptors (Lipinski definition) is 5. The molecule has 0 aliphatic carbocycles. The van der Waals surface area contributed by atoms with Crippen molar-refractivity contribution in [1.29, 1.82) is 0 Å². The molecule has 1 aliphatic heterocycles. The van der Waals surface area contributed by atoms with Crippen LogP contribution in [0.5, 0.6) is 0 Å². The molecule has 2 heterocycles. The van der Waals surface area contributed by atoms with Crippen LogP contribution in [-0.2, 0) is 16.0 Å². The van der Waals surface area contributed by atoms with Gasteiger partial charge in [0.2, 0.25) is 0 Å². The van der Waals surface area contributed by atoms with Crippen LogP contribution in [0.15, 0.2) is 23.3 Å². The molecule has 1 atom stereocenters. The quantitative estimate of drug-likeness (QED) is 0.591. The van der Waals surface area contributed by atoms with E-state index in [0.717, 1.165) is 43.6 Å². The van der Waals surface area contributed by atoms with Gasteiger partial charge in [-0.15, -0.1) is 0 Å². The summed E-state index contributed by atoms with van der Waals surface area (Å²) >= 11 is 0. The Bertz CT molecular complexity index is 503. The van der Waals surface area contributed by atoms with Crippen LogP contribution in [0.25, 0.3) is 0 Å². The van der Waals surface area contributed by atoms with Gasteiger partial charge in [0.05, 0.1) is 19.8 Å². The van der Waals surface area contributed by atoms with Gasteiger partial charge in [-0.05, 0) is 13.0 Å². The molecule has 1 aromatic rings. The SMILES string of the molecule is CN=C(NCc1cccnc1N1CCOCC1)NC(C)COC. The summed E-state index contributed by atoms with van der Waals surface area (Å²) in [6, 6.07) is 4.25. The highest BCUT2D eigenvalue weighted by Crippen LogP contribution is 2.18. The average molecular weight is 321 g/mol. The highest BCUT2D eigenvalue weighted by molar-refractivity contribution is 5.80. The second kappa shape index (κ2) is 9.32. The lowest BCUT2D eigenvalue weighted by Crippen LogP contribution is -2.44. The van der Waals surface area contributed by atoms with Crippen LogP contribution in [0.2, 0.25) is 0 Å². The first-order valence-corrected chi connectivity index (χ1v) is 7.97. The molecule has 2 N–H and O–H groups in total. The van der Waals surface area contributed by atoms with Gasteiger partial charge in [0.25, 0.3) is 0 Å². The third-order valence-electron chi connectivity index (χ3n) is 3.65. The van der Waals surface area contributed by atoms with Gasteiger partial charge < -0.3 is 25.0 Å². The van der Waals surface area contributed by atoms with E-state index in [1.54, 1.807) is 14.2 Å². The number of guanidine groups is 1. The molecule has 0 saturated carbocycles. The number of aliphatic imine (C=N–C) groups is 1. The Morgan fingerprint density at radius 1 is 1.48 bits per heavy atom. The molecule has 0 radical (unpaired) electrons. The lowest BCUT2D eigenvalue weighted by Gasteiger charge is -2.29.